The Bertz CT molecular complexity index is 869. The maximum atomic E-state index is 12.0. The first-order valence-electron chi connectivity index (χ1n) is 6.99. The lowest BCUT2D eigenvalue weighted by molar-refractivity contribution is -0.115. The first-order valence-corrected chi connectivity index (χ1v) is 7.94. The fourth-order valence-corrected chi connectivity index (χ4v) is 2.94. The number of carbonyl (C=O) groups is 1. The van der Waals surface area contributed by atoms with Gasteiger partial charge in [-0.2, -0.15) is 16.4 Å². The fraction of sp³-hybridized carbons (Fsp3) is 0.188. The molecule has 0 radical (unpaired) electrons. The molecule has 0 aliphatic heterocycles. The molecule has 1 aromatic carbocycles. The molecule has 2 N–H and O–H groups in total. The van der Waals surface area contributed by atoms with Crippen molar-refractivity contribution < 1.29 is 4.79 Å². The van der Waals surface area contributed by atoms with Gasteiger partial charge in [-0.1, -0.05) is 13.0 Å². The summed E-state index contributed by atoms with van der Waals surface area (Å²) >= 11 is 1.63. The smallest absolute Gasteiger partial charge is 0.272 e. The molecule has 2 heterocycles. The van der Waals surface area contributed by atoms with Crippen molar-refractivity contribution in [2.24, 2.45) is 0 Å². The Labute approximate surface area is 131 Å². The predicted molar refractivity (Wildman–Crippen MR) is 88.4 cm³/mol. The predicted octanol–water partition coefficient (Wildman–Crippen LogP) is 2.92. The zero-order valence-corrected chi connectivity index (χ0v) is 12.9. The number of aromatic amines is 1. The van der Waals surface area contributed by atoms with Gasteiger partial charge in [-0.25, -0.2) is 5.10 Å². The van der Waals surface area contributed by atoms with Crippen LogP contribution in [0.15, 0.2) is 39.8 Å². The Morgan fingerprint density at radius 1 is 1.32 bits per heavy atom. The summed E-state index contributed by atoms with van der Waals surface area (Å²) in [7, 11) is 0. The van der Waals surface area contributed by atoms with Crippen LogP contribution in [-0.2, 0) is 11.2 Å². The quantitative estimate of drug-likeness (QED) is 0.777. The van der Waals surface area contributed by atoms with Crippen LogP contribution < -0.4 is 10.9 Å². The molecule has 1 amide bonds. The summed E-state index contributed by atoms with van der Waals surface area (Å²) in [5, 5.41) is 14.9. The zero-order valence-electron chi connectivity index (χ0n) is 12.1. The maximum absolute atomic E-state index is 12.0. The van der Waals surface area contributed by atoms with E-state index in [1.165, 1.54) is 0 Å². The van der Waals surface area contributed by atoms with E-state index >= 15 is 0 Å². The third kappa shape index (κ3) is 2.92. The summed E-state index contributed by atoms with van der Waals surface area (Å²) in [5.74, 6) is -0.0802. The fourth-order valence-electron chi connectivity index (χ4n) is 2.27. The molecule has 5 nitrogen and oxygen atoms in total. The van der Waals surface area contributed by atoms with Gasteiger partial charge in [-0.3, -0.25) is 9.59 Å². The van der Waals surface area contributed by atoms with Gasteiger partial charge in [0.15, 0.2) is 0 Å². The van der Waals surface area contributed by atoms with E-state index < -0.39 is 0 Å². The van der Waals surface area contributed by atoms with Crippen LogP contribution in [0.3, 0.4) is 0 Å². The molecular formula is C16H15N3O2S. The molecule has 0 fully saturated rings. The summed E-state index contributed by atoms with van der Waals surface area (Å²) in [6.45, 7) is 1.78. The van der Waals surface area contributed by atoms with Crippen molar-refractivity contribution in [3.05, 3.63) is 56.6 Å². The van der Waals surface area contributed by atoms with E-state index in [-0.39, 0.29) is 11.5 Å². The molecule has 0 saturated carbocycles. The number of thiophene rings is 1. The van der Waals surface area contributed by atoms with Crippen LogP contribution in [0.5, 0.6) is 0 Å². The van der Waals surface area contributed by atoms with Crippen molar-refractivity contribution in [3.8, 4) is 0 Å². The second kappa shape index (κ2) is 6.11. The van der Waals surface area contributed by atoms with Crippen LogP contribution in [0.25, 0.3) is 10.8 Å². The van der Waals surface area contributed by atoms with Gasteiger partial charge in [0.25, 0.3) is 5.56 Å². The Balaban J connectivity index is 2.03. The lowest BCUT2D eigenvalue weighted by atomic mass is 10.1. The van der Waals surface area contributed by atoms with E-state index in [1.54, 1.807) is 30.4 Å². The average Bonchev–Trinajstić information content (AvgIpc) is 3.03. The molecule has 2 aromatic heterocycles. The summed E-state index contributed by atoms with van der Waals surface area (Å²) in [4.78, 5) is 23.5. The number of hydrogen-bond acceptors (Lipinski definition) is 4. The number of fused-ring (bicyclic) bond motifs is 1. The van der Waals surface area contributed by atoms with Crippen LogP contribution in [0.4, 0.5) is 5.69 Å². The molecule has 3 aromatic rings. The van der Waals surface area contributed by atoms with E-state index in [4.69, 9.17) is 0 Å². The minimum Gasteiger partial charge on any atom is -0.326 e. The molecule has 112 valence electrons. The highest BCUT2D eigenvalue weighted by atomic mass is 32.1. The summed E-state index contributed by atoms with van der Waals surface area (Å²) in [5.41, 5.74) is 2.35. The van der Waals surface area contributed by atoms with Crippen LogP contribution in [-0.4, -0.2) is 16.1 Å². The largest absolute Gasteiger partial charge is 0.326 e. The standard InChI is InChI=1S/C16H15N3O2S/c1-2-15(20)17-11-3-4-12-13(8-11)16(21)19-18-14(12)7-10-5-6-22-9-10/h3-6,8-9H,2,7H2,1H3,(H,17,20)(H,19,21). The molecular weight excluding hydrogens is 298 g/mol. The van der Waals surface area contributed by atoms with Gasteiger partial charge in [0.1, 0.15) is 0 Å². The monoisotopic (exact) mass is 313 g/mol. The maximum Gasteiger partial charge on any atom is 0.272 e. The number of anilines is 1. The molecule has 0 aliphatic carbocycles. The number of nitrogens with zero attached hydrogens (tertiary/aromatic N) is 1. The molecule has 3 rings (SSSR count). The molecule has 0 atom stereocenters. The highest BCUT2D eigenvalue weighted by Gasteiger charge is 2.09. The highest BCUT2D eigenvalue weighted by Crippen LogP contribution is 2.21. The SMILES string of the molecule is CCC(=O)Nc1ccc2c(Cc3ccsc3)n[nH]c(=O)c2c1. The van der Waals surface area contributed by atoms with Gasteiger partial charge in [-0.05, 0) is 34.5 Å². The number of aromatic nitrogens is 2. The van der Waals surface area contributed by atoms with E-state index in [0.717, 1.165) is 16.6 Å². The molecule has 0 aliphatic rings. The minimum atomic E-state index is -0.253. The Hall–Kier alpha value is -2.47. The molecule has 22 heavy (non-hydrogen) atoms. The van der Waals surface area contributed by atoms with Crippen molar-refractivity contribution >= 4 is 33.7 Å². The van der Waals surface area contributed by atoms with Crippen LogP contribution in [0, 0.1) is 0 Å². The number of H-pyrrole nitrogens is 1. The molecule has 6 heteroatoms. The van der Waals surface area contributed by atoms with Crippen molar-refractivity contribution in [2.75, 3.05) is 5.32 Å². The van der Waals surface area contributed by atoms with Crippen molar-refractivity contribution in [1.29, 1.82) is 0 Å². The van der Waals surface area contributed by atoms with Gasteiger partial charge >= 0.3 is 0 Å². The summed E-state index contributed by atoms with van der Waals surface area (Å²) in [6, 6.07) is 7.37. The number of amides is 1. The van der Waals surface area contributed by atoms with Gasteiger partial charge in [0.2, 0.25) is 5.91 Å². The molecule has 0 spiro atoms. The van der Waals surface area contributed by atoms with Crippen LogP contribution >= 0.6 is 11.3 Å². The summed E-state index contributed by atoms with van der Waals surface area (Å²) < 4.78 is 0. The van der Waals surface area contributed by atoms with Gasteiger partial charge in [0, 0.05) is 23.9 Å². The molecule has 0 bridgehead atoms. The summed E-state index contributed by atoms with van der Waals surface area (Å²) in [6.07, 6.45) is 1.06. The first-order chi connectivity index (χ1) is 10.7. The first kappa shape index (κ1) is 14.5. The van der Waals surface area contributed by atoms with Crippen molar-refractivity contribution in [3.63, 3.8) is 0 Å². The number of hydrogen-bond donors (Lipinski definition) is 2. The normalized spacial score (nSPS) is 10.8. The third-order valence-corrected chi connectivity index (χ3v) is 4.16. The van der Waals surface area contributed by atoms with E-state index in [0.29, 0.717) is 23.9 Å². The minimum absolute atomic E-state index is 0.0802. The molecule has 0 unspecified atom stereocenters. The topological polar surface area (TPSA) is 74.8 Å². The Morgan fingerprint density at radius 3 is 2.91 bits per heavy atom. The lowest BCUT2D eigenvalue weighted by Crippen LogP contribution is -2.13. The lowest BCUT2D eigenvalue weighted by Gasteiger charge is -2.07. The number of benzene rings is 1. The van der Waals surface area contributed by atoms with E-state index in [1.807, 2.05) is 17.5 Å². The van der Waals surface area contributed by atoms with Crippen molar-refractivity contribution in [1.82, 2.24) is 10.2 Å². The third-order valence-electron chi connectivity index (χ3n) is 3.42. The average molecular weight is 313 g/mol. The van der Waals surface area contributed by atoms with Crippen molar-refractivity contribution in [2.45, 2.75) is 19.8 Å². The highest BCUT2D eigenvalue weighted by molar-refractivity contribution is 7.07. The van der Waals surface area contributed by atoms with E-state index in [2.05, 4.69) is 20.9 Å². The zero-order chi connectivity index (χ0) is 15.5. The van der Waals surface area contributed by atoms with Crippen LogP contribution in [0.2, 0.25) is 0 Å². The number of rotatable bonds is 4. The second-order valence-corrected chi connectivity index (χ2v) is 5.75. The molecule has 0 saturated heterocycles. The number of carbonyl (C=O) groups excluding carboxylic acids is 1. The Kier molecular flexibility index (Phi) is 4.02. The second-order valence-electron chi connectivity index (χ2n) is 4.97. The van der Waals surface area contributed by atoms with E-state index in [9.17, 15) is 9.59 Å². The van der Waals surface area contributed by atoms with Crippen LogP contribution in [0.1, 0.15) is 24.6 Å². The number of nitrogens with one attached hydrogen (secondary N) is 2. The Morgan fingerprint density at radius 2 is 2.18 bits per heavy atom. The van der Waals surface area contributed by atoms with Gasteiger partial charge in [-0.15, -0.1) is 0 Å². The van der Waals surface area contributed by atoms with Gasteiger partial charge < -0.3 is 5.32 Å². The van der Waals surface area contributed by atoms with Gasteiger partial charge in [0.05, 0.1) is 11.1 Å².